The molecule has 0 heterocycles. The second kappa shape index (κ2) is 6.79. The van der Waals surface area contributed by atoms with Crippen molar-refractivity contribution in [2.75, 3.05) is 5.75 Å². The van der Waals surface area contributed by atoms with Gasteiger partial charge in [-0.3, -0.25) is 4.79 Å². The van der Waals surface area contributed by atoms with Crippen molar-refractivity contribution in [2.24, 2.45) is 0 Å². The lowest BCUT2D eigenvalue weighted by Gasteiger charge is -2.12. The standard InChI is InChI=1S/C15H19NO3S/c1-2-13(15(18)19)16-14(17)9-20-12-7-6-10-4-3-5-11(10)8-12/h6-8,13H,2-5,9H2,1H3,(H,16,17)(H,18,19)/t13-/m0/s1. The van der Waals surface area contributed by atoms with Crippen molar-refractivity contribution in [2.45, 2.75) is 43.5 Å². The zero-order valence-electron chi connectivity index (χ0n) is 11.5. The molecule has 4 nitrogen and oxygen atoms in total. The summed E-state index contributed by atoms with van der Waals surface area (Å²) in [6.45, 7) is 1.74. The van der Waals surface area contributed by atoms with Gasteiger partial charge in [0.2, 0.25) is 5.91 Å². The van der Waals surface area contributed by atoms with Crippen LogP contribution in [0, 0.1) is 0 Å². The van der Waals surface area contributed by atoms with Gasteiger partial charge < -0.3 is 10.4 Å². The maximum absolute atomic E-state index is 11.7. The van der Waals surface area contributed by atoms with Crippen molar-refractivity contribution in [3.8, 4) is 0 Å². The van der Waals surface area contributed by atoms with Gasteiger partial charge >= 0.3 is 5.97 Å². The molecule has 1 amide bonds. The van der Waals surface area contributed by atoms with E-state index in [-0.39, 0.29) is 11.7 Å². The number of aryl methyl sites for hydroxylation is 2. The van der Waals surface area contributed by atoms with Crippen LogP contribution >= 0.6 is 11.8 Å². The maximum atomic E-state index is 11.7. The van der Waals surface area contributed by atoms with Crippen molar-refractivity contribution in [3.63, 3.8) is 0 Å². The van der Waals surface area contributed by atoms with Gasteiger partial charge in [0.1, 0.15) is 6.04 Å². The number of carbonyl (C=O) groups is 2. The van der Waals surface area contributed by atoms with E-state index < -0.39 is 12.0 Å². The number of amides is 1. The van der Waals surface area contributed by atoms with Crippen molar-refractivity contribution in [1.82, 2.24) is 5.32 Å². The lowest BCUT2D eigenvalue weighted by atomic mass is 10.1. The molecule has 5 heteroatoms. The second-order valence-corrected chi connectivity index (χ2v) is 5.99. The molecule has 0 bridgehead atoms. The fraction of sp³-hybridized carbons (Fsp3) is 0.467. The predicted molar refractivity (Wildman–Crippen MR) is 79.0 cm³/mol. The molecule has 0 spiro atoms. The first-order valence-electron chi connectivity index (χ1n) is 6.87. The van der Waals surface area contributed by atoms with Crippen molar-refractivity contribution >= 4 is 23.6 Å². The Morgan fingerprint density at radius 2 is 2.10 bits per heavy atom. The van der Waals surface area contributed by atoms with Gasteiger partial charge in [0.05, 0.1) is 5.75 Å². The first-order chi connectivity index (χ1) is 9.60. The summed E-state index contributed by atoms with van der Waals surface area (Å²) in [7, 11) is 0. The topological polar surface area (TPSA) is 66.4 Å². The Balaban J connectivity index is 1.85. The number of carboxylic acids is 1. The Labute approximate surface area is 123 Å². The van der Waals surface area contributed by atoms with Gasteiger partial charge in [-0.15, -0.1) is 11.8 Å². The van der Waals surface area contributed by atoms with Gasteiger partial charge in [-0.05, 0) is 48.9 Å². The molecule has 1 aliphatic carbocycles. The average Bonchev–Trinajstić information content (AvgIpc) is 2.89. The zero-order chi connectivity index (χ0) is 14.5. The molecule has 0 aromatic heterocycles. The van der Waals surface area contributed by atoms with Crippen LogP contribution in [0.15, 0.2) is 23.1 Å². The van der Waals surface area contributed by atoms with Crippen LogP contribution in [0.2, 0.25) is 0 Å². The van der Waals surface area contributed by atoms with Gasteiger partial charge in [-0.1, -0.05) is 13.0 Å². The van der Waals surface area contributed by atoms with Crippen LogP contribution in [0.1, 0.15) is 30.9 Å². The highest BCUT2D eigenvalue weighted by atomic mass is 32.2. The van der Waals surface area contributed by atoms with Gasteiger partial charge in [0.25, 0.3) is 0 Å². The highest BCUT2D eigenvalue weighted by Crippen LogP contribution is 2.27. The number of carboxylic acid groups (broad SMARTS) is 1. The number of aliphatic carboxylic acids is 1. The van der Waals surface area contributed by atoms with Gasteiger partial charge in [0, 0.05) is 4.90 Å². The van der Waals surface area contributed by atoms with E-state index in [0.717, 1.165) is 17.7 Å². The number of carbonyl (C=O) groups excluding carboxylic acids is 1. The zero-order valence-corrected chi connectivity index (χ0v) is 12.3. The van der Waals surface area contributed by atoms with Crippen LogP contribution in [0.3, 0.4) is 0 Å². The number of benzene rings is 1. The van der Waals surface area contributed by atoms with E-state index in [0.29, 0.717) is 6.42 Å². The van der Waals surface area contributed by atoms with E-state index in [2.05, 4.69) is 17.4 Å². The summed E-state index contributed by atoms with van der Waals surface area (Å²) in [5, 5.41) is 11.4. The lowest BCUT2D eigenvalue weighted by molar-refractivity contribution is -0.141. The van der Waals surface area contributed by atoms with Crippen molar-refractivity contribution in [1.29, 1.82) is 0 Å². The van der Waals surface area contributed by atoms with Crippen molar-refractivity contribution in [3.05, 3.63) is 29.3 Å². The van der Waals surface area contributed by atoms with Gasteiger partial charge in [0.15, 0.2) is 0 Å². The summed E-state index contributed by atoms with van der Waals surface area (Å²) in [5.74, 6) is -0.962. The first kappa shape index (κ1) is 14.9. The number of fused-ring (bicyclic) bond motifs is 1. The van der Waals surface area contributed by atoms with E-state index in [9.17, 15) is 9.59 Å². The minimum Gasteiger partial charge on any atom is -0.480 e. The highest BCUT2D eigenvalue weighted by Gasteiger charge is 2.17. The average molecular weight is 293 g/mol. The summed E-state index contributed by atoms with van der Waals surface area (Å²) < 4.78 is 0. The lowest BCUT2D eigenvalue weighted by Crippen LogP contribution is -2.41. The third kappa shape index (κ3) is 3.76. The molecular weight excluding hydrogens is 274 g/mol. The fourth-order valence-electron chi connectivity index (χ4n) is 2.36. The Kier molecular flexibility index (Phi) is 5.06. The normalized spacial score (nSPS) is 14.7. The van der Waals surface area contributed by atoms with Crippen LogP contribution < -0.4 is 5.32 Å². The fourth-order valence-corrected chi connectivity index (χ4v) is 3.13. The molecule has 0 saturated heterocycles. The van der Waals surface area contributed by atoms with Gasteiger partial charge in [-0.2, -0.15) is 0 Å². The quantitative estimate of drug-likeness (QED) is 0.790. The van der Waals surface area contributed by atoms with Crippen LogP contribution in [0.25, 0.3) is 0 Å². The molecular formula is C15H19NO3S. The van der Waals surface area contributed by atoms with Crippen LogP contribution in [-0.2, 0) is 22.4 Å². The highest BCUT2D eigenvalue weighted by molar-refractivity contribution is 8.00. The molecule has 2 N–H and O–H groups in total. The molecule has 0 aliphatic heterocycles. The molecule has 0 radical (unpaired) electrons. The van der Waals surface area contributed by atoms with E-state index in [1.165, 1.54) is 29.3 Å². The summed E-state index contributed by atoms with van der Waals surface area (Å²) in [5.41, 5.74) is 2.79. The predicted octanol–water partition coefficient (Wildman–Crippen LogP) is 2.25. The van der Waals surface area contributed by atoms with Crippen LogP contribution in [0.5, 0.6) is 0 Å². The summed E-state index contributed by atoms with van der Waals surface area (Å²) >= 11 is 1.45. The first-order valence-corrected chi connectivity index (χ1v) is 7.85. The Hall–Kier alpha value is -1.49. The third-order valence-corrected chi connectivity index (χ3v) is 4.48. The van der Waals surface area contributed by atoms with E-state index >= 15 is 0 Å². The molecule has 0 fully saturated rings. The van der Waals surface area contributed by atoms with E-state index in [1.807, 2.05) is 6.07 Å². The maximum Gasteiger partial charge on any atom is 0.326 e. The van der Waals surface area contributed by atoms with Crippen LogP contribution in [-0.4, -0.2) is 28.8 Å². The van der Waals surface area contributed by atoms with E-state index in [1.54, 1.807) is 6.92 Å². The Morgan fingerprint density at radius 1 is 1.35 bits per heavy atom. The molecule has 1 aromatic carbocycles. The SMILES string of the molecule is CC[C@H](NC(=O)CSc1ccc2c(c1)CCC2)C(=O)O. The van der Waals surface area contributed by atoms with Crippen molar-refractivity contribution < 1.29 is 14.7 Å². The minimum atomic E-state index is -0.983. The Bertz CT molecular complexity index is 516. The molecule has 20 heavy (non-hydrogen) atoms. The smallest absolute Gasteiger partial charge is 0.326 e. The Morgan fingerprint density at radius 3 is 2.80 bits per heavy atom. The monoisotopic (exact) mass is 293 g/mol. The molecule has 0 unspecified atom stereocenters. The third-order valence-electron chi connectivity index (χ3n) is 3.48. The summed E-state index contributed by atoms with van der Waals surface area (Å²) in [6, 6.07) is 5.53. The summed E-state index contributed by atoms with van der Waals surface area (Å²) in [6.07, 6.45) is 3.87. The molecule has 1 aromatic rings. The number of hydrogen-bond donors (Lipinski definition) is 2. The second-order valence-electron chi connectivity index (χ2n) is 4.94. The molecule has 1 atom stereocenters. The minimum absolute atomic E-state index is 0.232. The van der Waals surface area contributed by atoms with E-state index in [4.69, 9.17) is 5.11 Å². The number of rotatable bonds is 6. The number of hydrogen-bond acceptors (Lipinski definition) is 3. The molecule has 0 saturated carbocycles. The number of nitrogens with one attached hydrogen (secondary N) is 1. The number of thioether (sulfide) groups is 1. The summed E-state index contributed by atoms with van der Waals surface area (Å²) in [4.78, 5) is 23.6. The molecule has 2 rings (SSSR count). The molecule has 108 valence electrons. The van der Waals surface area contributed by atoms with Gasteiger partial charge in [-0.25, -0.2) is 4.79 Å². The molecule has 1 aliphatic rings. The van der Waals surface area contributed by atoms with Crippen LogP contribution in [0.4, 0.5) is 0 Å². The largest absolute Gasteiger partial charge is 0.480 e.